The first kappa shape index (κ1) is 140. The van der Waals surface area contributed by atoms with Gasteiger partial charge in [0.1, 0.15) is 12.1 Å². The highest BCUT2D eigenvalue weighted by Crippen LogP contribution is 2.36. The molecule has 0 aliphatic carbocycles. The third kappa shape index (κ3) is 62.2. The zero-order valence-corrected chi connectivity index (χ0v) is 99.4. The van der Waals surface area contributed by atoms with E-state index in [2.05, 4.69) is 230 Å². The predicted molar refractivity (Wildman–Crippen MR) is 578 cm³/mol. The number of ether oxygens (including phenoxy) is 1. The third-order valence-electron chi connectivity index (χ3n) is 33.3. The van der Waals surface area contributed by atoms with Gasteiger partial charge in [0.2, 0.25) is 17.7 Å². The number of halogens is 7. The summed E-state index contributed by atoms with van der Waals surface area (Å²) in [4.78, 5) is 61.9. The Bertz CT molecular complexity index is 2970. The Hall–Kier alpha value is -2.45. The molecular formula is C115H232Cl2F5N13O5. The Kier molecular flexibility index (Phi) is 74.3. The van der Waals surface area contributed by atoms with Gasteiger partial charge in [-0.15, -0.1) is 0 Å². The Labute approximate surface area is 874 Å². The number of nitrogens with zero attached hydrogens (tertiary/aromatic N) is 7. The second-order valence-electron chi connectivity index (χ2n) is 50.1. The molecule has 18 nitrogen and oxygen atoms in total. The normalized spacial score (nSPS) is 26.6. The summed E-state index contributed by atoms with van der Waals surface area (Å²) in [6.07, 6.45) is 19.1. The van der Waals surface area contributed by atoms with Crippen molar-refractivity contribution in [3.05, 3.63) is 0 Å². The Morgan fingerprint density at radius 1 is 0.386 bits per heavy atom. The molecule has 6 N–H and O–H groups in total. The van der Waals surface area contributed by atoms with Gasteiger partial charge in [-0.2, -0.15) is 13.2 Å². The van der Waals surface area contributed by atoms with Gasteiger partial charge in [0.05, 0.1) is 39.8 Å². The van der Waals surface area contributed by atoms with E-state index in [1.165, 1.54) is 175 Å². The van der Waals surface area contributed by atoms with E-state index in [1.807, 2.05) is 56.2 Å². The van der Waals surface area contributed by atoms with E-state index in [4.69, 9.17) is 4.74 Å². The minimum absolute atomic E-state index is 0. The maximum absolute atomic E-state index is 13.5. The van der Waals surface area contributed by atoms with E-state index in [0.717, 1.165) is 202 Å². The molecular weight excluding hydrogens is 1810 g/mol. The number of hydrogen-bond acceptors (Lipinski definition) is 12. The van der Waals surface area contributed by atoms with Crippen molar-refractivity contribution in [3.8, 4) is 0 Å². The first-order valence-corrected chi connectivity index (χ1v) is 57.1. The molecule has 0 aromatic carbocycles. The molecule has 13 rings (SSSR count). The molecule has 13 heterocycles. The molecule has 13 aliphatic rings. The Morgan fingerprint density at radius 2 is 0.721 bits per heavy atom. The standard InChI is InChI=1S/C12H23NO2.C11H20F3N.C10H19F2N.C10H19NO.C9H17NO.2C9H19N.3C8H17N.C7H13NO.2C7H15N.2ClH/c1-9(2)10-6-7-13(8-10)11(14)15-12(3,4)5;1-9(2)10-4-3-6-15(7-5-10)8-11(12,13)14;1-4-13-6-5-9(8(2)3)10(11,12)7-13;1-8(2)10-4-6-11(7-5-10)9(3)12;1-7(2)9-4-5-10(6-9)8(3)11;2*1-8(2)9-4-6-10(3)7-5-9;2*1-7(2)8-4-5-9(3)6-8;1-7(2)8-3-5-9-6-4-8;1-5(2)6-3-4-8-7(6)9;2*1-6(2)7-3-4-8-5-7;;/h9-10H,6-8H2,1-5H3;9-10H,3-8H2,1-2H3;8-9H,4-7H2,1-3H3;8,10H,4-7H2,1-3H3;7,9H,4-6H2,1-3H3;2*8-9H,4-7H2,1-3H3;2*7-8H,4-6H2,1-3H3;7-9H,3-6H2,1-2H3;5-6H,3-4H2,1-2H3,(H,8,9);2*6-8H,3-5H2,1-2H3;2*1H/t10-;;;;9-;;;2*8-;;6-;2*7-;;/m1...1..10.110../s1. The van der Waals surface area contributed by atoms with Crippen LogP contribution in [0.5, 0.6) is 0 Å². The number of alkyl halides is 5. The predicted octanol–water partition coefficient (Wildman–Crippen LogP) is 15.5. The number of amides is 4. The van der Waals surface area contributed by atoms with Crippen molar-refractivity contribution in [2.45, 2.75) is 361 Å². The van der Waals surface area contributed by atoms with Crippen LogP contribution in [0, 0.1) is 154 Å². The quantitative estimate of drug-likeness (QED) is 0.0864. The molecule has 0 bridgehead atoms. The largest absolute Gasteiger partial charge is 1.00 e. The number of quaternary nitrogens is 2. The first-order valence-electron chi connectivity index (χ1n) is 57.1. The molecule has 3 unspecified atom stereocenters. The smallest absolute Gasteiger partial charge is 0.410 e. The fourth-order valence-corrected chi connectivity index (χ4v) is 21.6. The topological polar surface area (TPSA) is 157 Å². The maximum Gasteiger partial charge on any atom is 0.410 e. The summed E-state index contributed by atoms with van der Waals surface area (Å²) < 4.78 is 69.0. The van der Waals surface area contributed by atoms with Gasteiger partial charge in [-0.1, -0.05) is 180 Å². The molecule has 836 valence electrons. The van der Waals surface area contributed by atoms with E-state index in [9.17, 15) is 41.1 Å². The number of hydrogen-bond donors (Lipinski definition) is 6. The van der Waals surface area contributed by atoms with Gasteiger partial charge in [0, 0.05) is 91.0 Å². The number of carbonyl (C=O) groups is 4. The van der Waals surface area contributed by atoms with Gasteiger partial charge in [-0.05, 0) is 385 Å². The Morgan fingerprint density at radius 3 is 1.01 bits per heavy atom. The lowest BCUT2D eigenvalue weighted by atomic mass is 9.83. The van der Waals surface area contributed by atoms with E-state index in [1.54, 1.807) is 23.6 Å². The molecule has 13 saturated heterocycles. The molecule has 0 aromatic heterocycles. The van der Waals surface area contributed by atoms with Crippen LogP contribution in [0.1, 0.15) is 344 Å². The minimum Gasteiger partial charge on any atom is -1.00 e. The van der Waals surface area contributed by atoms with E-state index in [-0.39, 0.29) is 72.6 Å². The second-order valence-corrected chi connectivity index (χ2v) is 50.1. The van der Waals surface area contributed by atoms with Gasteiger partial charge in [0.15, 0.2) is 0 Å². The summed E-state index contributed by atoms with van der Waals surface area (Å²) in [5, 5.41) is 12.9. The highest BCUT2D eigenvalue weighted by atomic mass is 35.5. The molecule has 140 heavy (non-hydrogen) atoms. The zero-order chi connectivity index (χ0) is 105. The molecule has 13 fully saturated rings. The molecule has 10 atom stereocenters. The minimum atomic E-state index is -4.04. The number of nitrogens with one attached hydrogen (secondary N) is 6. The summed E-state index contributed by atoms with van der Waals surface area (Å²) in [7, 11) is 8.94. The average Bonchev–Trinajstić information content (AvgIpc) is 1.62. The van der Waals surface area contributed by atoms with Gasteiger partial charge in [0.25, 0.3) is 5.92 Å². The molecule has 0 radical (unpaired) electrons. The lowest BCUT2D eigenvalue weighted by molar-refractivity contribution is -0.914. The lowest BCUT2D eigenvalue weighted by Crippen LogP contribution is -3.14. The number of likely N-dealkylation sites (tertiary alicyclic amines) is 9. The van der Waals surface area contributed by atoms with Gasteiger partial charge >= 0.3 is 12.3 Å². The van der Waals surface area contributed by atoms with Crippen molar-refractivity contribution in [3.63, 3.8) is 0 Å². The van der Waals surface area contributed by atoms with Gasteiger partial charge in [-0.25, -0.2) is 13.6 Å². The van der Waals surface area contributed by atoms with Crippen molar-refractivity contribution < 1.29 is 80.5 Å². The van der Waals surface area contributed by atoms with Crippen LogP contribution in [0.2, 0.25) is 0 Å². The van der Waals surface area contributed by atoms with E-state index in [0.29, 0.717) is 49.1 Å². The van der Waals surface area contributed by atoms with Gasteiger partial charge < -0.3 is 90.0 Å². The fraction of sp³-hybridized carbons (Fsp3) is 0.965. The molecule has 0 spiro atoms. The van der Waals surface area contributed by atoms with E-state index >= 15 is 0 Å². The highest BCUT2D eigenvalue weighted by molar-refractivity contribution is 5.80. The molecule has 4 amide bonds. The zero-order valence-electron chi connectivity index (χ0n) is 97.9. The highest BCUT2D eigenvalue weighted by Gasteiger charge is 2.48. The van der Waals surface area contributed by atoms with Crippen LogP contribution in [0.15, 0.2) is 0 Å². The fourth-order valence-electron chi connectivity index (χ4n) is 21.6. The lowest BCUT2D eigenvalue weighted by Gasteiger charge is -2.37. The van der Waals surface area contributed by atoms with E-state index < -0.39 is 24.6 Å². The van der Waals surface area contributed by atoms with Crippen LogP contribution in [-0.4, -0.2) is 281 Å². The molecule has 0 aromatic rings. The second kappa shape index (κ2) is 74.5. The van der Waals surface area contributed by atoms with Crippen LogP contribution in [0.4, 0.5) is 26.7 Å². The van der Waals surface area contributed by atoms with Crippen molar-refractivity contribution in [1.29, 1.82) is 0 Å². The molecule has 13 aliphatic heterocycles. The SMILES string of the molecule is CC(=O)N1CCC(C(C)C)CC1.CC(=O)N1CC[C@@H](C(C)C)C1.CC(C)C1CCCN(CC(F)(F)F)CC1.CC(C)C1CCN(C)CC1.CC(C)C1CCNCC1.CC(C)C1CC[NH+](C)CC1.CC(C)[C@@H]1CCN(C(=O)OC(C)(C)C)C1.CC(C)[C@@H]1CCN(C)C1.CC(C)[C@@H]1CCNC1.CC(C)[C@H]1CCN(C)C1.CC(C)[C@H]1CCNC1.CC(C)[C@H]1CCNC1=O.CC[NH+]1CCC(C(C)C)C(F)(F)C1.[Cl-].[Cl-]. The summed E-state index contributed by atoms with van der Waals surface area (Å²) in [5.74, 6) is 17.4. The van der Waals surface area contributed by atoms with Crippen molar-refractivity contribution in [1.82, 2.24) is 55.6 Å². The van der Waals surface area contributed by atoms with Crippen molar-refractivity contribution in [2.75, 3.05) is 205 Å². The summed E-state index contributed by atoms with van der Waals surface area (Å²) >= 11 is 0. The first-order chi connectivity index (χ1) is 64.3. The monoisotopic (exact) mass is 2040 g/mol. The summed E-state index contributed by atoms with van der Waals surface area (Å²) in [6, 6.07) is 0. The number of rotatable bonds is 15. The number of carbonyl (C=O) groups excluding carboxylic acids is 4. The van der Waals surface area contributed by atoms with Crippen LogP contribution in [0.25, 0.3) is 0 Å². The van der Waals surface area contributed by atoms with Gasteiger partial charge in [-0.3, -0.25) is 19.3 Å². The summed E-state index contributed by atoms with van der Waals surface area (Å²) in [6.45, 7) is 96.1. The van der Waals surface area contributed by atoms with Crippen molar-refractivity contribution in [2.24, 2.45) is 154 Å². The van der Waals surface area contributed by atoms with Crippen molar-refractivity contribution >= 4 is 23.8 Å². The summed E-state index contributed by atoms with van der Waals surface area (Å²) in [5.41, 5.74) is -0.382. The average molecular weight is 2040 g/mol. The maximum atomic E-state index is 13.5. The van der Waals surface area contributed by atoms with Crippen LogP contribution >= 0.6 is 0 Å². The number of piperidine rings is 5. The third-order valence-corrected chi connectivity index (χ3v) is 33.3. The molecule has 0 saturated carbocycles. The molecule has 25 heteroatoms. The van der Waals surface area contributed by atoms with Crippen LogP contribution in [-0.2, 0) is 19.1 Å². The van der Waals surface area contributed by atoms with Crippen LogP contribution in [0.3, 0.4) is 0 Å². The van der Waals surface area contributed by atoms with Crippen LogP contribution < -0.4 is 55.9 Å². The Balaban J connectivity index is 0.